The summed E-state index contributed by atoms with van der Waals surface area (Å²) in [7, 11) is -3.50. The van der Waals surface area contributed by atoms with Gasteiger partial charge in [-0.1, -0.05) is 24.6 Å². The number of rotatable bonds is 7. The molecule has 33 heavy (non-hydrogen) atoms. The van der Waals surface area contributed by atoms with Crippen LogP contribution in [-0.4, -0.2) is 37.6 Å². The summed E-state index contributed by atoms with van der Waals surface area (Å²) in [6.45, 7) is 1.10. The highest BCUT2D eigenvalue weighted by Crippen LogP contribution is 2.21. The van der Waals surface area contributed by atoms with E-state index in [1.54, 1.807) is 60.7 Å². The molecule has 0 bridgehead atoms. The lowest BCUT2D eigenvalue weighted by molar-refractivity contribution is -0.115. The molecule has 1 aliphatic heterocycles. The molecular formula is C24H25N3O5S. The lowest BCUT2D eigenvalue weighted by Crippen LogP contribution is -2.35. The van der Waals surface area contributed by atoms with Gasteiger partial charge < -0.3 is 15.1 Å². The summed E-state index contributed by atoms with van der Waals surface area (Å²) in [5.74, 6) is -0.450. The number of nitrogens with one attached hydrogen (secondary N) is 2. The van der Waals surface area contributed by atoms with Crippen molar-refractivity contribution in [2.75, 3.05) is 23.7 Å². The number of sulfonamides is 1. The van der Waals surface area contributed by atoms with Crippen molar-refractivity contribution < 1.29 is 22.4 Å². The van der Waals surface area contributed by atoms with Crippen LogP contribution >= 0.6 is 0 Å². The third-order valence-corrected chi connectivity index (χ3v) is 7.30. The van der Waals surface area contributed by atoms with Crippen molar-refractivity contribution in [1.82, 2.24) is 4.31 Å². The number of anilines is 2. The molecule has 0 radical (unpaired) electrons. The zero-order valence-corrected chi connectivity index (χ0v) is 18.8. The van der Waals surface area contributed by atoms with Gasteiger partial charge in [-0.15, -0.1) is 0 Å². The average molecular weight is 468 g/mol. The Kier molecular flexibility index (Phi) is 6.90. The van der Waals surface area contributed by atoms with Crippen molar-refractivity contribution in [2.24, 2.45) is 0 Å². The van der Waals surface area contributed by atoms with Gasteiger partial charge in [-0.2, -0.15) is 4.31 Å². The molecule has 0 spiro atoms. The van der Waals surface area contributed by atoms with E-state index in [1.807, 2.05) is 0 Å². The zero-order valence-electron chi connectivity index (χ0n) is 18.0. The summed E-state index contributed by atoms with van der Waals surface area (Å²) >= 11 is 0. The Hall–Kier alpha value is -3.43. The fourth-order valence-electron chi connectivity index (χ4n) is 3.70. The van der Waals surface area contributed by atoms with E-state index in [-0.39, 0.29) is 28.9 Å². The fraction of sp³-hybridized carbons (Fsp3) is 0.250. The lowest BCUT2D eigenvalue weighted by Gasteiger charge is -2.25. The van der Waals surface area contributed by atoms with Gasteiger partial charge >= 0.3 is 0 Å². The number of piperidine rings is 1. The van der Waals surface area contributed by atoms with Crippen molar-refractivity contribution in [3.8, 4) is 0 Å². The maximum atomic E-state index is 12.8. The second kappa shape index (κ2) is 10.0. The highest BCUT2D eigenvalue weighted by Gasteiger charge is 2.25. The van der Waals surface area contributed by atoms with Crippen LogP contribution in [0.25, 0.3) is 0 Å². The van der Waals surface area contributed by atoms with E-state index in [0.717, 1.165) is 19.3 Å². The third-order valence-electron chi connectivity index (χ3n) is 5.39. The summed E-state index contributed by atoms with van der Waals surface area (Å²) in [5, 5.41) is 5.51. The minimum atomic E-state index is -3.50. The van der Waals surface area contributed by atoms with Gasteiger partial charge in [0.15, 0.2) is 5.76 Å². The topological polar surface area (TPSA) is 109 Å². The van der Waals surface area contributed by atoms with Gasteiger partial charge in [0.05, 0.1) is 17.6 Å². The monoisotopic (exact) mass is 467 g/mol. The van der Waals surface area contributed by atoms with E-state index >= 15 is 0 Å². The maximum absolute atomic E-state index is 12.8. The van der Waals surface area contributed by atoms with E-state index in [0.29, 0.717) is 30.0 Å². The van der Waals surface area contributed by atoms with Crippen molar-refractivity contribution >= 4 is 33.2 Å². The molecule has 0 atom stereocenters. The minimum absolute atomic E-state index is 0.0903. The quantitative estimate of drug-likeness (QED) is 0.548. The predicted molar refractivity (Wildman–Crippen MR) is 124 cm³/mol. The number of benzene rings is 2. The molecule has 4 rings (SSSR count). The Morgan fingerprint density at radius 1 is 0.879 bits per heavy atom. The molecule has 1 aliphatic rings. The lowest BCUT2D eigenvalue weighted by atomic mass is 10.1. The van der Waals surface area contributed by atoms with E-state index in [9.17, 15) is 18.0 Å². The normalized spacial score (nSPS) is 14.5. The smallest absolute Gasteiger partial charge is 0.291 e. The molecule has 8 nitrogen and oxygen atoms in total. The van der Waals surface area contributed by atoms with Crippen molar-refractivity contribution in [3.05, 3.63) is 78.3 Å². The summed E-state index contributed by atoms with van der Waals surface area (Å²) < 4.78 is 32.1. The SMILES string of the molecule is O=C(Cc1ccc(S(=O)(=O)N2CCCCC2)cc1)Nc1cccc(NC(=O)c2ccco2)c1. The summed E-state index contributed by atoms with van der Waals surface area (Å²) in [4.78, 5) is 24.8. The van der Waals surface area contributed by atoms with Gasteiger partial charge in [0.2, 0.25) is 15.9 Å². The van der Waals surface area contributed by atoms with Crippen molar-refractivity contribution in [3.63, 3.8) is 0 Å². The number of carbonyl (C=O) groups excluding carboxylic acids is 2. The molecular weight excluding hydrogens is 442 g/mol. The number of hydrogen-bond donors (Lipinski definition) is 2. The van der Waals surface area contributed by atoms with Crippen LogP contribution in [0.2, 0.25) is 0 Å². The second-order valence-electron chi connectivity index (χ2n) is 7.85. The maximum Gasteiger partial charge on any atom is 0.291 e. The van der Waals surface area contributed by atoms with E-state index in [2.05, 4.69) is 10.6 Å². The molecule has 2 heterocycles. The van der Waals surface area contributed by atoms with Crippen LogP contribution in [0.3, 0.4) is 0 Å². The minimum Gasteiger partial charge on any atom is -0.459 e. The summed E-state index contributed by atoms with van der Waals surface area (Å²) in [5.41, 5.74) is 1.75. The van der Waals surface area contributed by atoms with Gasteiger partial charge in [-0.25, -0.2) is 8.42 Å². The molecule has 172 valence electrons. The molecule has 3 aromatic rings. The van der Waals surface area contributed by atoms with Gasteiger partial charge in [0, 0.05) is 24.5 Å². The van der Waals surface area contributed by atoms with Crippen LogP contribution in [0.15, 0.2) is 76.2 Å². The van der Waals surface area contributed by atoms with Crippen LogP contribution in [0, 0.1) is 0 Å². The highest BCUT2D eigenvalue weighted by atomic mass is 32.2. The van der Waals surface area contributed by atoms with Crippen LogP contribution in [0.1, 0.15) is 35.4 Å². The summed E-state index contributed by atoms with van der Waals surface area (Å²) in [6, 6.07) is 16.4. The van der Waals surface area contributed by atoms with Crippen LogP contribution in [-0.2, 0) is 21.2 Å². The van der Waals surface area contributed by atoms with E-state index < -0.39 is 10.0 Å². The van der Waals surface area contributed by atoms with Gasteiger partial charge in [0.25, 0.3) is 5.91 Å². The van der Waals surface area contributed by atoms with Crippen LogP contribution in [0.5, 0.6) is 0 Å². The van der Waals surface area contributed by atoms with E-state index in [4.69, 9.17) is 4.42 Å². The molecule has 1 fully saturated rings. The Labute approximate surface area is 192 Å². The molecule has 2 aromatic carbocycles. The predicted octanol–water partition coefficient (Wildman–Crippen LogP) is 3.89. The van der Waals surface area contributed by atoms with Crippen LogP contribution < -0.4 is 10.6 Å². The van der Waals surface area contributed by atoms with Crippen molar-refractivity contribution in [2.45, 2.75) is 30.6 Å². The standard InChI is InChI=1S/C24H25N3O5S/c28-23(25-19-6-4-7-20(17-19)26-24(29)22-8-5-15-32-22)16-18-9-11-21(12-10-18)33(30,31)27-13-2-1-3-14-27/h4-12,15,17H,1-3,13-14,16H2,(H,25,28)(H,26,29). The first-order valence-corrected chi connectivity index (χ1v) is 12.2. The highest BCUT2D eigenvalue weighted by molar-refractivity contribution is 7.89. The van der Waals surface area contributed by atoms with Gasteiger partial charge in [-0.3, -0.25) is 9.59 Å². The largest absolute Gasteiger partial charge is 0.459 e. The van der Waals surface area contributed by atoms with Crippen molar-refractivity contribution in [1.29, 1.82) is 0 Å². The first kappa shape index (κ1) is 22.8. The second-order valence-corrected chi connectivity index (χ2v) is 9.78. The first-order chi connectivity index (χ1) is 15.9. The number of carbonyl (C=O) groups is 2. The van der Waals surface area contributed by atoms with Crippen LogP contribution in [0.4, 0.5) is 11.4 Å². The molecule has 0 unspecified atom stereocenters. The fourth-order valence-corrected chi connectivity index (χ4v) is 5.22. The Morgan fingerprint density at radius 2 is 1.58 bits per heavy atom. The first-order valence-electron chi connectivity index (χ1n) is 10.8. The third kappa shape index (κ3) is 5.68. The van der Waals surface area contributed by atoms with Gasteiger partial charge in [0.1, 0.15) is 0 Å². The molecule has 0 saturated carbocycles. The molecule has 1 saturated heterocycles. The molecule has 1 aromatic heterocycles. The molecule has 2 amide bonds. The summed E-state index contributed by atoms with van der Waals surface area (Å²) in [6.07, 6.45) is 4.32. The molecule has 0 aliphatic carbocycles. The molecule has 9 heteroatoms. The molecule has 2 N–H and O–H groups in total. The number of furan rings is 1. The Bertz CT molecular complexity index is 1220. The van der Waals surface area contributed by atoms with Gasteiger partial charge in [-0.05, 0) is 60.9 Å². The number of hydrogen-bond acceptors (Lipinski definition) is 5. The number of amides is 2. The Morgan fingerprint density at radius 3 is 2.24 bits per heavy atom. The number of nitrogens with zero attached hydrogens (tertiary/aromatic N) is 1. The zero-order chi connectivity index (χ0) is 23.3. The average Bonchev–Trinajstić information content (AvgIpc) is 3.35. The van der Waals surface area contributed by atoms with E-state index in [1.165, 1.54) is 10.6 Å². The Balaban J connectivity index is 1.35.